The summed E-state index contributed by atoms with van der Waals surface area (Å²) in [5, 5.41) is 0. The van der Waals surface area contributed by atoms with E-state index in [1.807, 2.05) is 13.0 Å². The molecule has 0 bridgehead atoms. The number of nitrogens with zero attached hydrogens (tertiary/aromatic N) is 3. The second kappa shape index (κ2) is 7.57. The van der Waals surface area contributed by atoms with Crippen molar-refractivity contribution in [3.05, 3.63) is 46.0 Å². The summed E-state index contributed by atoms with van der Waals surface area (Å²) < 4.78 is 5.52. The zero-order valence-electron chi connectivity index (χ0n) is 14.5. The highest BCUT2D eigenvalue weighted by Gasteiger charge is 2.27. The number of hydrogen-bond donors (Lipinski definition) is 1. The van der Waals surface area contributed by atoms with Crippen molar-refractivity contribution in [1.82, 2.24) is 19.9 Å². The fourth-order valence-electron chi connectivity index (χ4n) is 2.87. The van der Waals surface area contributed by atoms with Crippen molar-refractivity contribution in [3.63, 3.8) is 0 Å². The molecule has 7 nitrogen and oxygen atoms in total. The average Bonchev–Trinajstić information content (AvgIpc) is 2.65. The lowest BCUT2D eigenvalue weighted by atomic mass is 10.1. The van der Waals surface area contributed by atoms with E-state index in [-0.39, 0.29) is 11.5 Å². The largest absolute Gasteiger partial charge is 0.369 e. The maximum Gasteiger partial charge on any atom is 0.254 e. The second-order valence-electron chi connectivity index (χ2n) is 6.08. The summed E-state index contributed by atoms with van der Waals surface area (Å²) in [4.78, 5) is 38.1. The molecule has 0 aliphatic carbocycles. The van der Waals surface area contributed by atoms with Gasteiger partial charge in [0.15, 0.2) is 5.82 Å². The van der Waals surface area contributed by atoms with Gasteiger partial charge in [-0.1, -0.05) is 13.0 Å². The Bertz CT molecular complexity index is 804. The zero-order valence-corrected chi connectivity index (χ0v) is 14.5. The first kappa shape index (κ1) is 17.3. The van der Waals surface area contributed by atoms with E-state index < -0.39 is 6.10 Å². The summed E-state index contributed by atoms with van der Waals surface area (Å²) in [7, 11) is 0. The molecule has 1 aliphatic heterocycles. The number of fused-ring (bicyclic) bond motifs is 1. The highest BCUT2D eigenvalue weighted by Crippen LogP contribution is 2.18. The fraction of sp³-hybridized carbons (Fsp3) is 0.444. The number of H-pyrrole nitrogens is 1. The van der Waals surface area contributed by atoms with Gasteiger partial charge in [0.2, 0.25) is 0 Å². The van der Waals surface area contributed by atoms with Gasteiger partial charge in [-0.3, -0.25) is 14.6 Å². The normalized spacial score (nSPS) is 14.9. The third kappa shape index (κ3) is 3.76. The Labute approximate surface area is 146 Å². The van der Waals surface area contributed by atoms with Gasteiger partial charge in [-0.2, -0.15) is 0 Å². The summed E-state index contributed by atoms with van der Waals surface area (Å²) in [5.41, 5.74) is 1.72. The van der Waals surface area contributed by atoms with Crippen LogP contribution in [0, 0.1) is 0 Å². The Morgan fingerprint density at radius 3 is 3.00 bits per heavy atom. The van der Waals surface area contributed by atoms with Crippen molar-refractivity contribution in [2.24, 2.45) is 0 Å². The molecule has 0 saturated heterocycles. The van der Waals surface area contributed by atoms with E-state index in [1.165, 1.54) is 0 Å². The summed E-state index contributed by atoms with van der Waals surface area (Å²) >= 11 is 0. The lowest BCUT2D eigenvalue weighted by Gasteiger charge is -2.30. The van der Waals surface area contributed by atoms with E-state index in [4.69, 9.17) is 4.74 Å². The molecular weight excluding hydrogens is 320 g/mol. The first-order valence-electron chi connectivity index (χ1n) is 8.54. The molecule has 2 aromatic heterocycles. The molecule has 1 atom stereocenters. The van der Waals surface area contributed by atoms with E-state index in [9.17, 15) is 9.59 Å². The number of amides is 1. The molecule has 3 heterocycles. The molecule has 0 spiro atoms. The minimum atomic E-state index is -0.487. The molecule has 132 valence electrons. The van der Waals surface area contributed by atoms with Crippen molar-refractivity contribution in [2.75, 3.05) is 13.2 Å². The molecule has 7 heteroatoms. The number of aromatic nitrogens is 3. The Morgan fingerprint density at radius 1 is 1.44 bits per heavy atom. The predicted octanol–water partition coefficient (Wildman–Crippen LogP) is 1.53. The molecule has 0 aromatic carbocycles. The van der Waals surface area contributed by atoms with Gasteiger partial charge >= 0.3 is 0 Å². The lowest BCUT2D eigenvalue weighted by Crippen LogP contribution is -2.44. The summed E-state index contributed by atoms with van der Waals surface area (Å²) in [6.07, 6.45) is 2.52. The number of nitrogens with one attached hydrogen (secondary N) is 1. The fourth-order valence-corrected chi connectivity index (χ4v) is 2.87. The monoisotopic (exact) mass is 342 g/mol. The number of carbonyl (C=O) groups excluding carboxylic acids is 1. The van der Waals surface area contributed by atoms with Crippen molar-refractivity contribution < 1.29 is 9.53 Å². The molecule has 2 aromatic rings. The lowest BCUT2D eigenvalue weighted by molar-refractivity contribution is -0.143. The quantitative estimate of drug-likeness (QED) is 0.890. The highest BCUT2D eigenvalue weighted by atomic mass is 16.5. The van der Waals surface area contributed by atoms with E-state index in [1.54, 1.807) is 30.2 Å². The molecule has 3 rings (SSSR count). The number of hydrogen-bond acceptors (Lipinski definition) is 5. The predicted molar refractivity (Wildman–Crippen MR) is 92.9 cm³/mol. The average molecular weight is 342 g/mol. The van der Waals surface area contributed by atoms with Gasteiger partial charge in [0.25, 0.3) is 11.5 Å². The van der Waals surface area contributed by atoms with Crippen LogP contribution in [0.2, 0.25) is 0 Å². The van der Waals surface area contributed by atoms with Crippen LogP contribution in [0.4, 0.5) is 0 Å². The van der Waals surface area contributed by atoms with Crippen molar-refractivity contribution in [3.8, 4) is 11.5 Å². The molecule has 1 aliphatic rings. The van der Waals surface area contributed by atoms with Gasteiger partial charge in [0, 0.05) is 24.9 Å². The number of pyridine rings is 1. The van der Waals surface area contributed by atoms with E-state index in [0.717, 1.165) is 6.42 Å². The number of ether oxygens (including phenoxy) is 1. The molecule has 0 saturated carbocycles. The van der Waals surface area contributed by atoms with Crippen LogP contribution in [0.5, 0.6) is 0 Å². The van der Waals surface area contributed by atoms with Crippen molar-refractivity contribution >= 4 is 5.91 Å². The summed E-state index contributed by atoms with van der Waals surface area (Å²) in [5.74, 6) is 0.356. The molecule has 1 amide bonds. The first-order valence-corrected chi connectivity index (χ1v) is 8.54. The molecule has 0 fully saturated rings. The van der Waals surface area contributed by atoms with Gasteiger partial charge in [-0.05, 0) is 31.9 Å². The van der Waals surface area contributed by atoms with Crippen LogP contribution >= 0.6 is 0 Å². The van der Waals surface area contributed by atoms with Crippen LogP contribution in [0.25, 0.3) is 11.5 Å². The van der Waals surface area contributed by atoms with Crippen LogP contribution in [0.1, 0.15) is 31.5 Å². The molecule has 0 unspecified atom stereocenters. The van der Waals surface area contributed by atoms with Gasteiger partial charge < -0.3 is 14.6 Å². The minimum Gasteiger partial charge on any atom is -0.369 e. The Balaban J connectivity index is 1.83. The van der Waals surface area contributed by atoms with Crippen LogP contribution < -0.4 is 5.56 Å². The van der Waals surface area contributed by atoms with E-state index in [0.29, 0.717) is 48.9 Å². The smallest absolute Gasteiger partial charge is 0.254 e. The summed E-state index contributed by atoms with van der Waals surface area (Å²) in [6.45, 7) is 5.14. The third-order valence-electron chi connectivity index (χ3n) is 4.21. The van der Waals surface area contributed by atoms with Crippen molar-refractivity contribution in [1.29, 1.82) is 0 Å². The minimum absolute atomic E-state index is 0.0689. The first-order chi connectivity index (χ1) is 12.1. The Kier molecular flexibility index (Phi) is 5.23. The van der Waals surface area contributed by atoms with Gasteiger partial charge in [-0.25, -0.2) is 4.98 Å². The van der Waals surface area contributed by atoms with Crippen LogP contribution in [-0.4, -0.2) is 45.0 Å². The molecule has 25 heavy (non-hydrogen) atoms. The zero-order chi connectivity index (χ0) is 17.8. The maximum atomic E-state index is 12.5. The number of carbonyl (C=O) groups is 1. The third-order valence-corrected chi connectivity index (χ3v) is 4.21. The van der Waals surface area contributed by atoms with Gasteiger partial charge in [0.05, 0.1) is 12.2 Å². The molecule has 0 radical (unpaired) electrons. The topological polar surface area (TPSA) is 88.2 Å². The molecule has 1 N–H and O–H groups in total. The highest BCUT2D eigenvalue weighted by molar-refractivity contribution is 5.80. The van der Waals surface area contributed by atoms with Crippen LogP contribution in [-0.2, 0) is 22.5 Å². The van der Waals surface area contributed by atoms with Gasteiger partial charge in [-0.15, -0.1) is 0 Å². The van der Waals surface area contributed by atoms with E-state index in [2.05, 4.69) is 15.0 Å². The SMILES string of the molecule is CCCO[C@@H](C)C(=O)N1CCc2c(nc(-c3ccccn3)[nH]c2=O)C1. The van der Waals surface area contributed by atoms with E-state index >= 15 is 0 Å². The van der Waals surface area contributed by atoms with Crippen LogP contribution in [0.15, 0.2) is 29.2 Å². The summed E-state index contributed by atoms with van der Waals surface area (Å²) in [6, 6.07) is 5.43. The Morgan fingerprint density at radius 2 is 2.28 bits per heavy atom. The number of aromatic amines is 1. The standard InChI is InChI=1S/C18H22N4O3/c1-3-10-25-12(2)18(24)22-9-7-13-15(11-22)20-16(21-17(13)23)14-6-4-5-8-19-14/h4-6,8,12H,3,7,9-11H2,1-2H3,(H,20,21,23)/t12-/m0/s1. The van der Waals surface area contributed by atoms with Gasteiger partial charge in [0.1, 0.15) is 11.8 Å². The van der Waals surface area contributed by atoms with Crippen LogP contribution in [0.3, 0.4) is 0 Å². The van der Waals surface area contributed by atoms with Crippen molar-refractivity contribution in [2.45, 2.75) is 39.3 Å². The molecular formula is C18H22N4O3. The Hall–Kier alpha value is -2.54. The number of rotatable bonds is 5. The second-order valence-corrected chi connectivity index (χ2v) is 6.08. The maximum absolute atomic E-state index is 12.5.